The van der Waals surface area contributed by atoms with Gasteiger partial charge in [-0.1, -0.05) is 0 Å². The summed E-state index contributed by atoms with van der Waals surface area (Å²) in [6.45, 7) is 5.46. The van der Waals surface area contributed by atoms with Crippen LogP contribution in [-0.4, -0.2) is 92.6 Å². The largest absolute Gasteiger partial charge is 0.491 e. The van der Waals surface area contributed by atoms with E-state index >= 15 is 0 Å². The van der Waals surface area contributed by atoms with Crippen molar-refractivity contribution in [2.24, 2.45) is 0 Å². The van der Waals surface area contributed by atoms with Crippen molar-refractivity contribution in [2.45, 2.75) is 0 Å². The van der Waals surface area contributed by atoms with Crippen LogP contribution < -0.4 is 10.5 Å². The molecule has 0 spiro atoms. The zero-order chi connectivity index (χ0) is 20.8. The van der Waals surface area contributed by atoms with Crippen LogP contribution in [0.4, 0.5) is 10.1 Å². The molecule has 0 radical (unpaired) electrons. The highest BCUT2D eigenvalue weighted by atomic mass is 19.1. The van der Waals surface area contributed by atoms with Gasteiger partial charge in [0.1, 0.15) is 19.0 Å². The van der Waals surface area contributed by atoms with Gasteiger partial charge in [-0.05, 0) is 24.3 Å². The summed E-state index contributed by atoms with van der Waals surface area (Å²) in [5, 5.41) is 0. The average Bonchev–Trinajstić information content (AvgIpc) is 2.73. The van der Waals surface area contributed by atoms with Gasteiger partial charge < -0.3 is 38.9 Å². The molecule has 0 atom stereocenters. The summed E-state index contributed by atoms with van der Waals surface area (Å²) in [7, 11) is 0. The Balaban J connectivity index is 1.69. The fraction of sp³-hybridized carbons (Fsp3) is 0.700. The molecule has 1 rings (SSSR count). The zero-order valence-electron chi connectivity index (χ0n) is 17.0. The summed E-state index contributed by atoms with van der Waals surface area (Å²) < 4.78 is 49.0. The monoisotopic (exact) mass is 419 g/mol. The number of anilines is 1. The molecular weight excluding hydrogens is 385 g/mol. The first-order chi connectivity index (χ1) is 14.3. The van der Waals surface area contributed by atoms with Crippen LogP contribution in [-0.2, 0) is 28.4 Å². The normalized spacial score (nSPS) is 11.1. The third kappa shape index (κ3) is 17.1. The molecule has 0 saturated heterocycles. The molecule has 168 valence electrons. The SMILES string of the molecule is Nc1ccc(OCCOCCOCCOCCOCCOCCOCCF)cc1. The lowest BCUT2D eigenvalue weighted by atomic mass is 10.3. The molecule has 0 aromatic heterocycles. The maximum absolute atomic E-state index is 11.8. The quantitative estimate of drug-likeness (QED) is 0.238. The number of benzene rings is 1. The molecule has 0 aliphatic rings. The molecule has 29 heavy (non-hydrogen) atoms. The minimum Gasteiger partial charge on any atom is -0.491 e. The van der Waals surface area contributed by atoms with Crippen molar-refractivity contribution in [1.29, 1.82) is 0 Å². The predicted octanol–water partition coefficient (Wildman–Crippen LogP) is 1.72. The van der Waals surface area contributed by atoms with Crippen molar-refractivity contribution in [3.63, 3.8) is 0 Å². The molecule has 0 unspecified atom stereocenters. The van der Waals surface area contributed by atoms with Gasteiger partial charge in [0.05, 0.1) is 79.3 Å². The van der Waals surface area contributed by atoms with Crippen molar-refractivity contribution in [2.75, 3.05) is 98.3 Å². The second-order valence-corrected chi connectivity index (χ2v) is 5.78. The molecule has 0 amide bonds. The van der Waals surface area contributed by atoms with E-state index < -0.39 is 6.67 Å². The highest BCUT2D eigenvalue weighted by molar-refractivity contribution is 5.41. The molecule has 2 N–H and O–H groups in total. The van der Waals surface area contributed by atoms with E-state index in [1.54, 1.807) is 12.1 Å². The number of nitrogens with two attached hydrogens (primary N) is 1. The Hall–Kier alpha value is -1.49. The van der Waals surface area contributed by atoms with Crippen molar-refractivity contribution in [1.82, 2.24) is 0 Å². The van der Waals surface area contributed by atoms with Gasteiger partial charge in [-0.3, -0.25) is 0 Å². The lowest BCUT2D eigenvalue weighted by Crippen LogP contribution is -2.15. The smallest absolute Gasteiger partial charge is 0.119 e. The van der Waals surface area contributed by atoms with Crippen LogP contribution in [0.1, 0.15) is 0 Å². The van der Waals surface area contributed by atoms with Crippen LogP contribution in [0.25, 0.3) is 0 Å². The Labute approximate surface area is 172 Å². The summed E-state index contributed by atoms with van der Waals surface area (Å²) >= 11 is 0. The summed E-state index contributed by atoms with van der Waals surface area (Å²) in [6, 6.07) is 7.24. The predicted molar refractivity (Wildman–Crippen MR) is 107 cm³/mol. The Kier molecular flexibility index (Phi) is 17.5. The van der Waals surface area contributed by atoms with Gasteiger partial charge >= 0.3 is 0 Å². The highest BCUT2D eigenvalue weighted by Crippen LogP contribution is 2.12. The maximum atomic E-state index is 11.8. The number of ether oxygens (including phenoxy) is 7. The van der Waals surface area contributed by atoms with E-state index in [0.29, 0.717) is 85.0 Å². The third-order valence-electron chi connectivity index (χ3n) is 3.46. The van der Waals surface area contributed by atoms with Gasteiger partial charge in [-0.2, -0.15) is 0 Å². The first kappa shape index (κ1) is 25.5. The van der Waals surface area contributed by atoms with Crippen LogP contribution in [0.15, 0.2) is 24.3 Å². The molecule has 1 aromatic rings. The first-order valence-electron chi connectivity index (χ1n) is 9.83. The van der Waals surface area contributed by atoms with Crippen LogP contribution in [0.2, 0.25) is 0 Å². The van der Waals surface area contributed by atoms with Gasteiger partial charge in [0.25, 0.3) is 0 Å². The fourth-order valence-corrected chi connectivity index (χ4v) is 2.04. The number of hydrogen-bond acceptors (Lipinski definition) is 8. The van der Waals surface area contributed by atoms with E-state index in [0.717, 1.165) is 5.75 Å². The summed E-state index contributed by atoms with van der Waals surface area (Å²) in [6.07, 6.45) is 0. The lowest BCUT2D eigenvalue weighted by molar-refractivity contribution is -0.0181. The van der Waals surface area contributed by atoms with E-state index in [9.17, 15) is 4.39 Å². The number of nitrogen functional groups attached to an aromatic ring is 1. The summed E-state index contributed by atoms with van der Waals surface area (Å²) in [5.41, 5.74) is 6.32. The minimum absolute atomic E-state index is 0.119. The topological polar surface area (TPSA) is 90.6 Å². The highest BCUT2D eigenvalue weighted by Gasteiger charge is 1.96. The average molecular weight is 419 g/mol. The molecule has 9 heteroatoms. The van der Waals surface area contributed by atoms with Gasteiger partial charge in [0.2, 0.25) is 0 Å². The molecule has 0 aliphatic heterocycles. The van der Waals surface area contributed by atoms with Crippen LogP contribution >= 0.6 is 0 Å². The first-order valence-corrected chi connectivity index (χ1v) is 9.83. The number of halogens is 1. The third-order valence-corrected chi connectivity index (χ3v) is 3.46. The Bertz CT molecular complexity index is 465. The zero-order valence-corrected chi connectivity index (χ0v) is 17.0. The molecule has 0 fully saturated rings. The molecule has 0 bridgehead atoms. The molecule has 1 aromatic carbocycles. The lowest BCUT2D eigenvalue weighted by Gasteiger charge is -2.09. The molecule has 8 nitrogen and oxygen atoms in total. The van der Waals surface area contributed by atoms with Crippen molar-refractivity contribution in [3.05, 3.63) is 24.3 Å². The van der Waals surface area contributed by atoms with E-state index in [-0.39, 0.29) is 6.61 Å². The van der Waals surface area contributed by atoms with E-state index in [1.165, 1.54) is 0 Å². The standard InChI is InChI=1S/C20H34FNO7/c21-5-6-23-7-8-24-9-10-25-11-12-26-13-14-27-15-16-28-17-18-29-20-3-1-19(22)2-4-20/h1-4H,5-18,22H2. The minimum atomic E-state index is -0.469. The van der Waals surface area contributed by atoms with E-state index in [1.807, 2.05) is 12.1 Å². The maximum Gasteiger partial charge on any atom is 0.119 e. The fourth-order valence-electron chi connectivity index (χ4n) is 2.04. The van der Waals surface area contributed by atoms with Crippen molar-refractivity contribution in [3.8, 4) is 5.75 Å². The summed E-state index contributed by atoms with van der Waals surface area (Å²) in [4.78, 5) is 0. The number of alkyl halides is 1. The second-order valence-electron chi connectivity index (χ2n) is 5.78. The Morgan fingerprint density at radius 1 is 0.517 bits per heavy atom. The number of rotatable bonds is 21. The molecule has 0 aliphatic carbocycles. The Morgan fingerprint density at radius 3 is 1.24 bits per heavy atom. The molecule has 0 saturated carbocycles. The number of hydrogen-bond donors (Lipinski definition) is 1. The van der Waals surface area contributed by atoms with Gasteiger partial charge in [0.15, 0.2) is 0 Å². The van der Waals surface area contributed by atoms with Crippen molar-refractivity contribution < 1.29 is 37.5 Å². The van der Waals surface area contributed by atoms with Crippen LogP contribution in [0.3, 0.4) is 0 Å². The van der Waals surface area contributed by atoms with Crippen LogP contribution in [0.5, 0.6) is 5.75 Å². The van der Waals surface area contributed by atoms with Gasteiger partial charge in [-0.15, -0.1) is 0 Å². The van der Waals surface area contributed by atoms with Crippen molar-refractivity contribution >= 4 is 5.69 Å². The van der Waals surface area contributed by atoms with Gasteiger partial charge in [-0.25, -0.2) is 4.39 Å². The summed E-state index contributed by atoms with van der Waals surface area (Å²) in [5.74, 6) is 0.771. The second kappa shape index (κ2) is 19.8. The molecule has 0 heterocycles. The van der Waals surface area contributed by atoms with E-state index in [2.05, 4.69) is 0 Å². The van der Waals surface area contributed by atoms with Crippen LogP contribution in [0, 0.1) is 0 Å². The van der Waals surface area contributed by atoms with E-state index in [4.69, 9.17) is 38.9 Å². The Morgan fingerprint density at radius 2 is 0.862 bits per heavy atom. The molecular formula is C20H34FNO7. The van der Waals surface area contributed by atoms with Gasteiger partial charge in [0, 0.05) is 5.69 Å².